The highest BCUT2D eigenvalue weighted by Crippen LogP contribution is 2.15. The van der Waals surface area contributed by atoms with Crippen molar-refractivity contribution in [3.8, 4) is 0 Å². The molecular weight excluding hydrogens is 248 g/mol. The lowest BCUT2D eigenvalue weighted by Crippen LogP contribution is -2.22. The summed E-state index contributed by atoms with van der Waals surface area (Å²) in [6, 6.07) is 5.33. The molecule has 6 heteroatoms. The predicted molar refractivity (Wildman–Crippen MR) is 68.6 cm³/mol. The molecule has 0 amide bonds. The lowest BCUT2D eigenvalue weighted by atomic mass is 10.2. The Hall–Kier alpha value is -1.79. The molecular formula is C13H16N2O4. The fraction of sp³-hybridized carbons (Fsp3) is 0.462. The molecule has 1 atom stereocenters. The highest BCUT2D eigenvalue weighted by Gasteiger charge is 2.14. The monoisotopic (exact) mass is 264 g/mol. The summed E-state index contributed by atoms with van der Waals surface area (Å²) in [5.41, 5.74) is 1.28. The third kappa shape index (κ3) is 4.76. The van der Waals surface area contributed by atoms with Crippen LogP contribution < -0.4 is 0 Å². The molecule has 0 N–H and O–H groups in total. The molecule has 6 nitrogen and oxygen atoms in total. The Morgan fingerprint density at radius 2 is 2.42 bits per heavy atom. The topological polar surface area (TPSA) is 74.5 Å². The van der Waals surface area contributed by atoms with Crippen LogP contribution >= 0.6 is 0 Å². The zero-order valence-corrected chi connectivity index (χ0v) is 10.5. The van der Waals surface area contributed by atoms with E-state index in [-0.39, 0.29) is 6.29 Å². The first kappa shape index (κ1) is 13.6. The zero-order chi connectivity index (χ0) is 13.5. The smallest absolute Gasteiger partial charge is 0.236 e. The van der Waals surface area contributed by atoms with Crippen molar-refractivity contribution in [3.05, 3.63) is 45.9 Å². The van der Waals surface area contributed by atoms with Crippen molar-refractivity contribution in [1.29, 1.82) is 0 Å². The maximum Gasteiger partial charge on any atom is 0.236 e. The summed E-state index contributed by atoms with van der Waals surface area (Å²) in [5.74, 6) is 0. The largest absolute Gasteiger partial charge is 0.353 e. The molecule has 1 saturated heterocycles. The van der Waals surface area contributed by atoms with Crippen LogP contribution in [-0.4, -0.2) is 22.8 Å². The van der Waals surface area contributed by atoms with E-state index in [0.717, 1.165) is 37.8 Å². The van der Waals surface area contributed by atoms with Crippen molar-refractivity contribution < 1.29 is 14.4 Å². The van der Waals surface area contributed by atoms with Gasteiger partial charge in [0.2, 0.25) is 6.20 Å². The van der Waals surface area contributed by atoms with E-state index in [1.807, 2.05) is 6.07 Å². The first-order chi connectivity index (χ1) is 9.24. The van der Waals surface area contributed by atoms with Gasteiger partial charge in [-0.05, 0) is 31.4 Å². The van der Waals surface area contributed by atoms with Gasteiger partial charge in [-0.2, -0.15) is 0 Å². The predicted octanol–water partition coefficient (Wildman–Crippen LogP) is 2.37. The second-order valence-corrected chi connectivity index (χ2v) is 4.26. The standard InChI is InChI=1S/C13H16N2O4/c16-15(17)8-7-11-4-3-5-12(14-11)10-19-13-6-1-2-9-18-13/h3-5,7-8,13H,1-2,6,9-10H2. The molecule has 1 aliphatic rings. The highest BCUT2D eigenvalue weighted by molar-refractivity contribution is 5.42. The summed E-state index contributed by atoms with van der Waals surface area (Å²) in [6.45, 7) is 1.09. The Balaban J connectivity index is 1.89. The van der Waals surface area contributed by atoms with Gasteiger partial charge in [-0.1, -0.05) is 6.07 Å². The molecule has 2 rings (SSSR count). The molecule has 0 bridgehead atoms. The van der Waals surface area contributed by atoms with Crippen LogP contribution in [0.5, 0.6) is 0 Å². The van der Waals surface area contributed by atoms with Crippen molar-refractivity contribution >= 4 is 6.08 Å². The number of nitrogens with zero attached hydrogens (tertiary/aromatic N) is 2. The summed E-state index contributed by atoms with van der Waals surface area (Å²) in [5, 5.41) is 10.2. The molecule has 1 fully saturated rings. The van der Waals surface area contributed by atoms with Crippen molar-refractivity contribution in [2.45, 2.75) is 32.2 Å². The molecule has 19 heavy (non-hydrogen) atoms. The Morgan fingerprint density at radius 3 is 3.16 bits per heavy atom. The quantitative estimate of drug-likeness (QED) is 0.603. The minimum absolute atomic E-state index is 0.159. The van der Waals surface area contributed by atoms with E-state index in [1.165, 1.54) is 6.08 Å². The van der Waals surface area contributed by atoms with Gasteiger partial charge >= 0.3 is 0 Å². The molecule has 0 spiro atoms. The maximum atomic E-state index is 10.2. The number of pyridine rings is 1. The van der Waals surface area contributed by atoms with E-state index < -0.39 is 4.92 Å². The van der Waals surface area contributed by atoms with E-state index in [9.17, 15) is 10.1 Å². The minimum atomic E-state index is -0.513. The van der Waals surface area contributed by atoms with Gasteiger partial charge in [0.1, 0.15) is 0 Å². The molecule has 1 aliphatic heterocycles. The molecule has 1 aromatic heterocycles. The SMILES string of the molecule is O=[N+]([O-])C=Cc1cccc(COC2CCCCO2)n1. The number of hydrogen-bond donors (Lipinski definition) is 0. The fourth-order valence-corrected chi connectivity index (χ4v) is 1.83. The lowest BCUT2D eigenvalue weighted by molar-refractivity contribution is -0.401. The highest BCUT2D eigenvalue weighted by atomic mass is 16.7. The molecule has 2 heterocycles. The number of rotatable bonds is 5. The fourth-order valence-electron chi connectivity index (χ4n) is 1.83. The second kappa shape index (κ2) is 6.96. The third-order valence-electron chi connectivity index (χ3n) is 2.75. The summed E-state index contributed by atoms with van der Waals surface area (Å²) in [6.07, 6.45) is 5.18. The average Bonchev–Trinajstić information content (AvgIpc) is 2.44. The molecule has 0 saturated carbocycles. The minimum Gasteiger partial charge on any atom is -0.353 e. The Morgan fingerprint density at radius 1 is 1.53 bits per heavy atom. The second-order valence-electron chi connectivity index (χ2n) is 4.26. The summed E-state index contributed by atoms with van der Waals surface area (Å²) in [7, 11) is 0. The van der Waals surface area contributed by atoms with E-state index in [2.05, 4.69) is 4.98 Å². The van der Waals surface area contributed by atoms with Crippen LogP contribution in [-0.2, 0) is 16.1 Å². The molecule has 1 aromatic rings. The van der Waals surface area contributed by atoms with Gasteiger partial charge < -0.3 is 9.47 Å². The van der Waals surface area contributed by atoms with Gasteiger partial charge in [0.15, 0.2) is 6.29 Å². The molecule has 1 unspecified atom stereocenters. The molecule has 102 valence electrons. The van der Waals surface area contributed by atoms with Gasteiger partial charge in [0, 0.05) is 12.7 Å². The molecule has 0 radical (unpaired) electrons. The van der Waals surface area contributed by atoms with Crippen molar-refractivity contribution in [3.63, 3.8) is 0 Å². The van der Waals surface area contributed by atoms with Crippen LogP contribution in [0.25, 0.3) is 6.08 Å². The van der Waals surface area contributed by atoms with Gasteiger partial charge in [-0.15, -0.1) is 0 Å². The zero-order valence-electron chi connectivity index (χ0n) is 10.5. The number of ether oxygens (including phenoxy) is 2. The number of hydrogen-bond acceptors (Lipinski definition) is 5. The number of nitro groups is 1. The van der Waals surface area contributed by atoms with E-state index in [1.54, 1.807) is 12.1 Å². The lowest BCUT2D eigenvalue weighted by Gasteiger charge is -2.22. The van der Waals surface area contributed by atoms with Crippen LogP contribution in [0.2, 0.25) is 0 Å². The average molecular weight is 264 g/mol. The van der Waals surface area contributed by atoms with Gasteiger partial charge in [-0.3, -0.25) is 15.1 Å². The molecule has 0 aromatic carbocycles. The first-order valence-electron chi connectivity index (χ1n) is 6.25. The van der Waals surface area contributed by atoms with Crippen molar-refractivity contribution in [2.24, 2.45) is 0 Å². The van der Waals surface area contributed by atoms with Crippen LogP contribution in [0.15, 0.2) is 24.4 Å². The van der Waals surface area contributed by atoms with Crippen LogP contribution in [0.4, 0.5) is 0 Å². The van der Waals surface area contributed by atoms with Crippen LogP contribution in [0.3, 0.4) is 0 Å². The van der Waals surface area contributed by atoms with Gasteiger partial charge in [0.25, 0.3) is 0 Å². The Bertz CT molecular complexity index is 456. The van der Waals surface area contributed by atoms with Crippen molar-refractivity contribution in [2.75, 3.05) is 6.61 Å². The first-order valence-corrected chi connectivity index (χ1v) is 6.25. The van der Waals surface area contributed by atoms with Crippen LogP contribution in [0, 0.1) is 10.1 Å². The summed E-state index contributed by atoms with van der Waals surface area (Å²) < 4.78 is 11.1. The Kier molecular flexibility index (Phi) is 5.00. The summed E-state index contributed by atoms with van der Waals surface area (Å²) in [4.78, 5) is 14.0. The van der Waals surface area contributed by atoms with E-state index in [4.69, 9.17) is 9.47 Å². The van der Waals surface area contributed by atoms with E-state index >= 15 is 0 Å². The maximum absolute atomic E-state index is 10.2. The normalized spacial score (nSPS) is 19.7. The van der Waals surface area contributed by atoms with E-state index in [0.29, 0.717) is 12.3 Å². The van der Waals surface area contributed by atoms with Crippen molar-refractivity contribution in [1.82, 2.24) is 4.98 Å². The van der Waals surface area contributed by atoms with Crippen LogP contribution in [0.1, 0.15) is 30.7 Å². The molecule has 0 aliphatic carbocycles. The van der Waals surface area contributed by atoms with Gasteiger partial charge in [0.05, 0.1) is 22.9 Å². The van der Waals surface area contributed by atoms with Gasteiger partial charge in [-0.25, -0.2) is 0 Å². The third-order valence-corrected chi connectivity index (χ3v) is 2.75. The summed E-state index contributed by atoms with van der Waals surface area (Å²) >= 11 is 0. The Labute approximate surface area is 111 Å². The number of aromatic nitrogens is 1.